The molecule has 1 amide bonds. The molecule has 0 fully saturated rings. The Balaban J connectivity index is 1.93. The minimum absolute atomic E-state index is 0.00425. The summed E-state index contributed by atoms with van der Waals surface area (Å²) >= 11 is 0. The maximum Gasteiger partial charge on any atom is 0.274 e. The molecule has 0 radical (unpaired) electrons. The molecule has 0 unspecified atom stereocenters. The normalized spacial score (nSPS) is 10.9. The summed E-state index contributed by atoms with van der Waals surface area (Å²) in [5.74, 6) is 0.415. The Morgan fingerprint density at radius 1 is 1.21 bits per heavy atom. The summed E-state index contributed by atoms with van der Waals surface area (Å²) < 4.78 is 1.66. The number of nitro benzene ring substituents is 1. The summed E-state index contributed by atoms with van der Waals surface area (Å²) in [5, 5.41) is 15.6. The molecule has 1 aromatic carbocycles. The Kier molecular flexibility index (Phi) is 5.49. The van der Waals surface area contributed by atoms with Crippen molar-refractivity contribution < 1.29 is 9.72 Å². The lowest BCUT2D eigenvalue weighted by molar-refractivity contribution is -0.385. The fourth-order valence-corrected chi connectivity index (χ4v) is 3.10. The van der Waals surface area contributed by atoms with E-state index in [4.69, 9.17) is 0 Å². The second-order valence-electron chi connectivity index (χ2n) is 6.74. The molecular weight excluding hydrogens is 358 g/mol. The highest BCUT2D eigenvalue weighted by atomic mass is 16.6. The molecule has 0 saturated carbocycles. The Bertz CT molecular complexity index is 998. The minimum Gasteiger partial charge on any atom is -0.337 e. The predicted octanol–water partition coefficient (Wildman–Crippen LogP) is 3.57. The molecule has 8 nitrogen and oxygen atoms in total. The zero-order valence-corrected chi connectivity index (χ0v) is 15.9. The number of nitrogens with zero attached hydrogens (tertiary/aromatic N) is 5. The first-order valence-electron chi connectivity index (χ1n) is 8.87. The number of rotatable bonds is 6. The van der Waals surface area contributed by atoms with Crippen LogP contribution in [0, 0.1) is 10.1 Å². The molecule has 0 spiro atoms. The largest absolute Gasteiger partial charge is 0.337 e. The highest BCUT2D eigenvalue weighted by molar-refractivity contribution is 5.95. The number of aromatic nitrogens is 3. The first kappa shape index (κ1) is 19.2. The Morgan fingerprint density at radius 3 is 2.57 bits per heavy atom. The Morgan fingerprint density at radius 2 is 1.93 bits per heavy atom. The monoisotopic (exact) mass is 379 g/mol. The van der Waals surface area contributed by atoms with Gasteiger partial charge in [-0.05, 0) is 18.1 Å². The number of carbonyl (C=O) groups is 1. The molecule has 3 aromatic rings. The SMILES string of the molecule is CC(C)c1c(C(=O)N(C)Cc2ccccc2[N+](=O)[O-])cnn1-c1ccccn1. The summed E-state index contributed by atoms with van der Waals surface area (Å²) in [5.41, 5.74) is 1.68. The first-order chi connectivity index (χ1) is 13.4. The third-order valence-electron chi connectivity index (χ3n) is 4.39. The number of pyridine rings is 1. The van der Waals surface area contributed by atoms with Crippen molar-refractivity contribution in [2.24, 2.45) is 0 Å². The molecule has 144 valence electrons. The maximum atomic E-state index is 13.1. The molecule has 2 aromatic heterocycles. The second kappa shape index (κ2) is 7.99. The van der Waals surface area contributed by atoms with Crippen LogP contribution in [0.3, 0.4) is 0 Å². The number of amides is 1. The van der Waals surface area contributed by atoms with Crippen LogP contribution in [0.5, 0.6) is 0 Å². The smallest absolute Gasteiger partial charge is 0.274 e. The van der Waals surface area contributed by atoms with Crippen LogP contribution in [0.15, 0.2) is 54.9 Å². The van der Waals surface area contributed by atoms with E-state index in [1.807, 2.05) is 32.0 Å². The van der Waals surface area contributed by atoms with Gasteiger partial charge in [0.1, 0.15) is 0 Å². The standard InChI is InChI=1S/C20H21N5O3/c1-14(2)19-16(12-22-24(19)18-10-6-7-11-21-18)20(26)23(3)13-15-8-4-5-9-17(15)25(27)28/h4-12,14H,13H2,1-3H3. The predicted molar refractivity (Wildman–Crippen MR) is 104 cm³/mol. The molecule has 0 N–H and O–H groups in total. The second-order valence-corrected chi connectivity index (χ2v) is 6.74. The van der Waals surface area contributed by atoms with E-state index in [1.54, 1.807) is 36.1 Å². The molecule has 0 aliphatic rings. The summed E-state index contributed by atoms with van der Waals surface area (Å²) in [7, 11) is 1.63. The molecule has 28 heavy (non-hydrogen) atoms. The van der Waals surface area contributed by atoms with Gasteiger partial charge in [0.2, 0.25) is 0 Å². The van der Waals surface area contributed by atoms with E-state index in [0.29, 0.717) is 16.9 Å². The molecule has 0 aliphatic carbocycles. The number of benzene rings is 1. The third-order valence-corrected chi connectivity index (χ3v) is 4.39. The van der Waals surface area contributed by atoms with Crippen molar-refractivity contribution >= 4 is 11.6 Å². The quantitative estimate of drug-likeness (QED) is 0.482. The molecule has 0 aliphatic heterocycles. The molecule has 3 rings (SSSR count). The summed E-state index contributed by atoms with van der Waals surface area (Å²) in [4.78, 5) is 29.6. The Hall–Kier alpha value is -3.55. The minimum atomic E-state index is -0.438. The number of hydrogen-bond acceptors (Lipinski definition) is 5. The number of para-hydroxylation sites is 1. The van der Waals surface area contributed by atoms with Crippen molar-refractivity contribution in [3.63, 3.8) is 0 Å². The van der Waals surface area contributed by atoms with Gasteiger partial charge in [-0.3, -0.25) is 14.9 Å². The van der Waals surface area contributed by atoms with Crippen molar-refractivity contribution in [1.82, 2.24) is 19.7 Å². The van der Waals surface area contributed by atoms with Crippen LogP contribution in [-0.2, 0) is 6.54 Å². The van der Waals surface area contributed by atoms with E-state index < -0.39 is 4.92 Å². The summed E-state index contributed by atoms with van der Waals surface area (Å²) in [6, 6.07) is 11.9. The van der Waals surface area contributed by atoms with Gasteiger partial charge in [0.25, 0.3) is 11.6 Å². The van der Waals surface area contributed by atoms with Crippen LogP contribution in [0.25, 0.3) is 5.82 Å². The Labute approximate surface area is 162 Å². The number of nitro groups is 1. The van der Waals surface area contributed by atoms with Crippen LogP contribution >= 0.6 is 0 Å². The summed E-state index contributed by atoms with van der Waals surface area (Å²) in [6.45, 7) is 4.09. The number of hydrogen-bond donors (Lipinski definition) is 0. The lowest BCUT2D eigenvalue weighted by atomic mass is 10.0. The first-order valence-corrected chi connectivity index (χ1v) is 8.87. The van der Waals surface area contributed by atoms with Gasteiger partial charge in [-0.1, -0.05) is 38.1 Å². The van der Waals surface area contributed by atoms with Gasteiger partial charge in [-0.15, -0.1) is 0 Å². The van der Waals surface area contributed by atoms with Gasteiger partial charge in [-0.25, -0.2) is 9.67 Å². The fourth-order valence-electron chi connectivity index (χ4n) is 3.10. The average molecular weight is 379 g/mol. The van der Waals surface area contributed by atoms with E-state index in [0.717, 1.165) is 5.69 Å². The zero-order valence-electron chi connectivity index (χ0n) is 15.9. The molecule has 0 saturated heterocycles. The van der Waals surface area contributed by atoms with Crippen LogP contribution in [0.4, 0.5) is 5.69 Å². The van der Waals surface area contributed by atoms with E-state index >= 15 is 0 Å². The van der Waals surface area contributed by atoms with Gasteiger partial charge >= 0.3 is 0 Å². The van der Waals surface area contributed by atoms with E-state index in [2.05, 4.69) is 10.1 Å². The highest BCUT2D eigenvalue weighted by Gasteiger charge is 2.25. The van der Waals surface area contributed by atoms with Crippen LogP contribution in [-0.4, -0.2) is 37.5 Å². The molecule has 0 bridgehead atoms. The van der Waals surface area contributed by atoms with Gasteiger partial charge in [0.15, 0.2) is 5.82 Å². The van der Waals surface area contributed by atoms with Crippen molar-refractivity contribution in [3.8, 4) is 5.82 Å². The lowest BCUT2D eigenvalue weighted by Crippen LogP contribution is -2.27. The van der Waals surface area contributed by atoms with Crippen molar-refractivity contribution in [3.05, 3.63) is 81.8 Å². The molecule has 8 heteroatoms. The molecular formula is C20H21N5O3. The topological polar surface area (TPSA) is 94.2 Å². The van der Waals surface area contributed by atoms with Crippen molar-refractivity contribution in [1.29, 1.82) is 0 Å². The molecule has 0 atom stereocenters. The van der Waals surface area contributed by atoms with Crippen molar-refractivity contribution in [2.75, 3.05) is 7.05 Å². The number of carbonyl (C=O) groups excluding carboxylic acids is 1. The fraction of sp³-hybridized carbons (Fsp3) is 0.250. The van der Waals surface area contributed by atoms with E-state index in [1.165, 1.54) is 17.2 Å². The van der Waals surface area contributed by atoms with E-state index in [-0.39, 0.29) is 24.1 Å². The third kappa shape index (κ3) is 3.75. The van der Waals surface area contributed by atoms with Gasteiger partial charge in [0.05, 0.1) is 28.9 Å². The lowest BCUT2D eigenvalue weighted by Gasteiger charge is -2.19. The molecule has 2 heterocycles. The summed E-state index contributed by atoms with van der Waals surface area (Å²) in [6.07, 6.45) is 3.20. The zero-order chi connectivity index (χ0) is 20.3. The average Bonchev–Trinajstić information content (AvgIpc) is 3.13. The van der Waals surface area contributed by atoms with Crippen LogP contribution in [0.2, 0.25) is 0 Å². The van der Waals surface area contributed by atoms with E-state index in [9.17, 15) is 14.9 Å². The van der Waals surface area contributed by atoms with Crippen LogP contribution in [0.1, 0.15) is 41.4 Å². The maximum absolute atomic E-state index is 13.1. The van der Waals surface area contributed by atoms with Crippen molar-refractivity contribution in [2.45, 2.75) is 26.3 Å². The van der Waals surface area contributed by atoms with Gasteiger partial charge < -0.3 is 4.90 Å². The van der Waals surface area contributed by atoms with Crippen LogP contribution < -0.4 is 0 Å². The highest BCUT2D eigenvalue weighted by Crippen LogP contribution is 2.25. The van der Waals surface area contributed by atoms with Gasteiger partial charge in [0, 0.05) is 24.9 Å². The van der Waals surface area contributed by atoms with Gasteiger partial charge in [-0.2, -0.15) is 5.10 Å².